The summed E-state index contributed by atoms with van der Waals surface area (Å²) >= 11 is 0. The first kappa shape index (κ1) is 10.1. The Labute approximate surface area is 64.0 Å². The Balaban J connectivity index is 0.000000810. The Morgan fingerprint density at radius 2 is 2.10 bits per heavy atom. The van der Waals surface area contributed by atoms with E-state index >= 15 is 0 Å². The Morgan fingerprint density at radius 3 is 2.40 bits per heavy atom. The Bertz CT molecular complexity index is 112. The van der Waals surface area contributed by atoms with Gasteiger partial charge in [0.05, 0.1) is 6.54 Å². The van der Waals surface area contributed by atoms with Crippen LogP contribution in [0, 0.1) is 0 Å². The molecule has 2 N–H and O–H groups in total. The van der Waals surface area contributed by atoms with Gasteiger partial charge in [0.15, 0.2) is 0 Å². The number of hydrogen-bond acceptors (Lipinski definition) is 2. The fourth-order valence-electron chi connectivity index (χ4n) is 0.823. The van der Waals surface area contributed by atoms with Gasteiger partial charge in [0, 0.05) is 0 Å². The summed E-state index contributed by atoms with van der Waals surface area (Å²) in [6.07, 6.45) is -1.30. The van der Waals surface area contributed by atoms with Crippen LogP contribution in [0.15, 0.2) is 0 Å². The molecule has 0 radical (unpaired) electrons. The number of alkyl halides is 2. The van der Waals surface area contributed by atoms with Gasteiger partial charge in [-0.1, -0.05) is 0 Å². The van der Waals surface area contributed by atoms with Crippen molar-refractivity contribution in [3.05, 3.63) is 0 Å². The van der Waals surface area contributed by atoms with E-state index in [1.807, 2.05) is 0 Å². The first-order chi connectivity index (χ1) is 4.13. The Hall–Kier alpha value is 0.0700. The molecule has 1 heterocycles. The lowest BCUT2D eigenvalue weighted by Gasteiger charge is -2.27. The fraction of sp³-hybridized carbons (Fsp3) is 1.00. The molecular formula is C5H10ClF2NO. The molecule has 1 aliphatic rings. The number of aliphatic hydroxyl groups excluding tert-OH is 1. The summed E-state index contributed by atoms with van der Waals surface area (Å²) in [4.78, 5) is 0. The van der Waals surface area contributed by atoms with Crippen molar-refractivity contribution in [2.75, 3.05) is 13.1 Å². The second-order valence-corrected chi connectivity index (χ2v) is 2.24. The number of halogens is 3. The second-order valence-electron chi connectivity index (χ2n) is 2.24. The molecule has 0 aromatic heterocycles. The van der Waals surface area contributed by atoms with Gasteiger partial charge in [0.2, 0.25) is 0 Å². The standard InChI is InChI=1S/C5H9F2NO.ClH/c6-5(7)3-8-2-1-4(5)9;/h4,8-9H,1-3H2;1H/t4-;/m0./s1. The van der Waals surface area contributed by atoms with Crippen LogP contribution in [0.4, 0.5) is 8.78 Å². The van der Waals surface area contributed by atoms with E-state index in [1.165, 1.54) is 0 Å². The topological polar surface area (TPSA) is 32.3 Å². The summed E-state index contributed by atoms with van der Waals surface area (Å²) in [6, 6.07) is 0. The van der Waals surface area contributed by atoms with Crippen molar-refractivity contribution in [1.82, 2.24) is 5.32 Å². The maximum absolute atomic E-state index is 12.3. The lowest BCUT2D eigenvalue weighted by atomic mass is 10.1. The summed E-state index contributed by atoms with van der Waals surface area (Å²) in [6.45, 7) is 0.0882. The summed E-state index contributed by atoms with van der Waals surface area (Å²) in [5.74, 6) is -2.92. The van der Waals surface area contributed by atoms with E-state index in [-0.39, 0.29) is 18.8 Å². The van der Waals surface area contributed by atoms with E-state index in [2.05, 4.69) is 5.32 Å². The average molecular weight is 174 g/mol. The van der Waals surface area contributed by atoms with Crippen LogP contribution in [0.25, 0.3) is 0 Å². The number of rotatable bonds is 0. The van der Waals surface area contributed by atoms with Gasteiger partial charge in [-0.2, -0.15) is 0 Å². The van der Waals surface area contributed by atoms with Crippen LogP contribution >= 0.6 is 12.4 Å². The minimum Gasteiger partial charge on any atom is -0.387 e. The largest absolute Gasteiger partial charge is 0.387 e. The predicted octanol–water partition coefficient (Wildman–Crippen LogP) is 0.398. The number of nitrogens with one attached hydrogen (secondary N) is 1. The average Bonchev–Trinajstić information content (AvgIpc) is 1.77. The van der Waals surface area contributed by atoms with Gasteiger partial charge in [-0.3, -0.25) is 0 Å². The van der Waals surface area contributed by atoms with Crippen LogP contribution in [0.5, 0.6) is 0 Å². The Morgan fingerprint density at radius 1 is 1.50 bits per heavy atom. The van der Waals surface area contributed by atoms with Crippen LogP contribution in [-0.4, -0.2) is 30.2 Å². The van der Waals surface area contributed by atoms with E-state index in [1.54, 1.807) is 0 Å². The lowest BCUT2D eigenvalue weighted by Crippen LogP contribution is -2.49. The highest BCUT2D eigenvalue weighted by molar-refractivity contribution is 5.85. The molecule has 0 aliphatic carbocycles. The van der Waals surface area contributed by atoms with E-state index in [0.29, 0.717) is 6.54 Å². The summed E-state index contributed by atoms with van der Waals surface area (Å²) in [5, 5.41) is 11.1. The van der Waals surface area contributed by atoms with Gasteiger partial charge in [-0.25, -0.2) is 8.78 Å². The van der Waals surface area contributed by atoms with Gasteiger partial charge >= 0.3 is 0 Å². The molecule has 0 unspecified atom stereocenters. The molecule has 10 heavy (non-hydrogen) atoms. The monoisotopic (exact) mass is 173 g/mol. The molecule has 0 spiro atoms. The molecule has 1 saturated heterocycles. The summed E-state index contributed by atoms with van der Waals surface area (Å²) < 4.78 is 24.6. The first-order valence-corrected chi connectivity index (χ1v) is 2.89. The van der Waals surface area contributed by atoms with E-state index in [4.69, 9.17) is 5.11 Å². The predicted molar refractivity (Wildman–Crippen MR) is 35.7 cm³/mol. The third-order valence-electron chi connectivity index (χ3n) is 1.44. The van der Waals surface area contributed by atoms with Gasteiger partial charge in [0.1, 0.15) is 6.10 Å². The third-order valence-corrected chi connectivity index (χ3v) is 1.44. The molecule has 1 aliphatic heterocycles. The molecule has 0 amide bonds. The van der Waals surface area contributed by atoms with Gasteiger partial charge < -0.3 is 10.4 Å². The van der Waals surface area contributed by atoms with Crippen molar-refractivity contribution in [3.63, 3.8) is 0 Å². The molecule has 5 heteroatoms. The highest BCUT2D eigenvalue weighted by atomic mass is 35.5. The molecule has 1 fully saturated rings. The van der Waals surface area contributed by atoms with Crippen LogP contribution in [0.1, 0.15) is 6.42 Å². The highest BCUT2D eigenvalue weighted by Gasteiger charge is 2.39. The minimum absolute atomic E-state index is 0. The van der Waals surface area contributed by atoms with E-state index < -0.39 is 18.6 Å². The molecule has 0 aromatic rings. The van der Waals surface area contributed by atoms with Gasteiger partial charge in [0.25, 0.3) is 5.92 Å². The highest BCUT2D eigenvalue weighted by Crippen LogP contribution is 2.22. The zero-order valence-electron chi connectivity index (χ0n) is 5.31. The first-order valence-electron chi connectivity index (χ1n) is 2.89. The Kier molecular flexibility index (Phi) is 3.48. The SMILES string of the molecule is Cl.O[C@H]1CCNCC1(F)F. The number of aliphatic hydroxyl groups is 1. The molecule has 0 saturated carbocycles. The van der Waals surface area contributed by atoms with E-state index in [0.717, 1.165) is 0 Å². The molecule has 1 rings (SSSR count). The van der Waals surface area contributed by atoms with Crippen molar-refractivity contribution in [1.29, 1.82) is 0 Å². The number of hydrogen-bond donors (Lipinski definition) is 2. The van der Waals surface area contributed by atoms with Crippen LogP contribution < -0.4 is 5.32 Å². The van der Waals surface area contributed by atoms with Crippen molar-refractivity contribution in [2.45, 2.75) is 18.4 Å². The van der Waals surface area contributed by atoms with Crippen LogP contribution in [-0.2, 0) is 0 Å². The van der Waals surface area contributed by atoms with Crippen molar-refractivity contribution < 1.29 is 13.9 Å². The second kappa shape index (κ2) is 3.46. The zero-order chi connectivity index (χ0) is 6.91. The molecule has 1 atom stereocenters. The van der Waals surface area contributed by atoms with Gasteiger partial charge in [-0.15, -0.1) is 12.4 Å². The summed E-state index contributed by atoms with van der Waals surface area (Å²) in [5.41, 5.74) is 0. The quantitative estimate of drug-likeness (QED) is 0.556. The van der Waals surface area contributed by atoms with Gasteiger partial charge in [-0.05, 0) is 13.0 Å². The molecule has 0 aromatic carbocycles. The summed E-state index contributed by atoms with van der Waals surface area (Å²) in [7, 11) is 0. The van der Waals surface area contributed by atoms with Crippen LogP contribution in [0.3, 0.4) is 0 Å². The smallest absolute Gasteiger partial charge is 0.285 e. The minimum atomic E-state index is -2.92. The maximum atomic E-state index is 12.3. The van der Waals surface area contributed by atoms with Crippen molar-refractivity contribution in [3.8, 4) is 0 Å². The van der Waals surface area contributed by atoms with E-state index in [9.17, 15) is 8.78 Å². The maximum Gasteiger partial charge on any atom is 0.285 e. The molecule has 2 nitrogen and oxygen atoms in total. The molecule has 0 bridgehead atoms. The third kappa shape index (κ3) is 2.04. The lowest BCUT2D eigenvalue weighted by molar-refractivity contribution is -0.120. The molecule has 62 valence electrons. The van der Waals surface area contributed by atoms with Crippen molar-refractivity contribution >= 4 is 12.4 Å². The molecular weight excluding hydrogens is 164 g/mol. The zero-order valence-corrected chi connectivity index (χ0v) is 6.13. The number of piperidine rings is 1. The van der Waals surface area contributed by atoms with Crippen LogP contribution in [0.2, 0.25) is 0 Å². The fourth-order valence-corrected chi connectivity index (χ4v) is 0.823. The normalized spacial score (nSPS) is 30.9. The van der Waals surface area contributed by atoms with Crippen molar-refractivity contribution in [2.24, 2.45) is 0 Å².